The van der Waals surface area contributed by atoms with Crippen LogP contribution in [-0.2, 0) is 6.54 Å². The van der Waals surface area contributed by atoms with Crippen LogP contribution in [0, 0.1) is 0 Å². The first-order chi connectivity index (χ1) is 9.76. The van der Waals surface area contributed by atoms with Crippen molar-refractivity contribution in [2.75, 3.05) is 31.5 Å². The van der Waals surface area contributed by atoms with Crippen molar-refractivity contribution in [2.45, 2.75) is 25.4 Å². The van der Waals surface area contributed by atoms with Gasteiger partial charge in [-0.15, -0.1) is 0 Å². The van der Waals surface area contributed by atoms with Crippen LogP contribution in [0.4, 0.5) is 0 Å². The zero-order chi connectivity index (χ0) is 13.9. The first-order valence-electron chi connectivity index (χ1n) is 7.41. The van der Waals surface area contributed by atoms with E-state index in [2.05, 4.69) is 37.9 Å². The molecule has 0 unspecified atom stereocenters. The number of halogens is 1. The molecule has 20 heavy (non-hydrogen) atoms. The van der Waals surface area contributed by atoms with Crippen LogP contribution >= 0.6 is 15.9 Å². The van der Waals surface area contributed by atoms with E-state index in [0.717, 1.165) is 18.2 Å². The lowest BCUT2D eigenvalue weighted by Gasteiger charge is -2.34. The molecule has 0 amide bonds. The number of piperazine rings is 1. The van der Waals surface area contributed by atoms with E-state index in [1.165, 1.54) is 44.6 Å². The highest BCUT2D eigenvalue weighted by molar-refractivity contribution is 9.09. The molecule has 3 rings (SSSR count). The lowest BCUT2D eigenvalue weighted by molar-refractivity contribution is 0.102. The molecule has 3 nitrogen and oxygen atoms in total. The molecule has 1 saturated heterocycles. The zero-order valence-corrected chi connectivity index (χ0v) is 13.3. The number of hydrogen-bond acceptors (Lipinski definition) is 3. The van der Waals surface area contributed by atoms with Crippen molar-refractivity contribution >= 4 is 21.7 Å². The van der Waals surface area contributed by atoms with Gasteiger partial charge in [-0.3, -0.25) is 14.6 Å². The summed E-state index contributed by atoms with van der Waals surface area (Å²) in [5.74, 6) is 0.148. The maximum absolute atomic E-state index is 11.6. The van der Waals surface area contributed by atoms with Crippen molar-refractivity contribution in [3.63, 3.8) is 0 Å². The monoisotopic (exact) mass is 336 g/mol. The van der Waals surface area contributed by atoms with Crippen LogP contribution in [0.25, 0.3) is 0 Å². The second-order valence-corrected chi connectivity index (χ2v) is 6.36. The van der Waals surface area contributed by atoms with E-state index in [1.54, 1.807) is 0 Å². The number of ketones is 1. The average Bonchev–Trinajstić information content (AvgIpc) is 3.33. The van der Waals surface area contributed by atoms with Gasteiger partial charge in [0, 0.05) is 44.3 Å². The van der Waals surface area contributed by atoms with Gasteiger partial charge in [0.05, 0.1) is 5.33 Å². The maximum atomic E-state index is 11.6. The highest BCUT2D eigenvalue weighted by atomic mass is 79.9. The zero-order valence-electron chi connectivity index (χ0n) is 11.7. The van der Waals surface area contributed by atoms with Crippen LogP contribution in [0.3, 0.4) is 0 Å². The molecule has 108 valence electrons. The van der Waals surface area contributed by atoms with Gasteiger partial charge in [-0.05, 0) is 18.4 Å². The maximum Gasteiger partial charge on any atom is 0.173 e. The molecule has 1 aliphatic heterocycles. The number of rotatable bonds is 5. The van der Waals surface area contributed by atoms with Crippen LogP contribution in [0.5, 0.6) is 0 Å². The van der Waals surface area contributed by atoms with Crippen LogP contribution in [0.15, 0.2) is 24.3 Å². The summed E-state index contributed by atoms with van der Waals surface area (Å²) in [5, 5.41) is 0.398. The molecule has 1 aromatic rings. The van der Waals surface area contributed by atoms with Crippen molar-refractivity contribution in [1.29, 1.82) is 0 Å². The van der Waals surface area contributed by atoms with Gasteiger partial charge in [0.15, 0.2) is 5.78 Å². The van der Waals surface area contributed by atoms with E-state index < -0.39 is 0 Å². The Morgan fingerprint density at radius 1 is 1.10 bits per heavy atom. The van der Waals surface area contributed by atoms with E-state index in [0.29, 0.717) is 5.33 Å². The number of hydrogen-bond donors (Lipinski definition) is 0. The smallest absolute Gasteiger partial charge is 0.173 e. The molecule has 0 N–H and O–H groups in total. The van der Waals surface area contributed by atoms with E-state index in [1.807, 2.05) is 12.1 Å². The minimum absolute atomic E-state index is 0.148. The Labute approximate surface area is 129 Å². The molecule has 0 bridgehead atoms. The molecular formula is C16H21BrN2O. The third-order valence-electron chi connectivity index (χ3n) is 4.27. The van der Waals surface area contributed by atoms with Crippen molar-refractivity contribution in [1.82, 2.24) is 9.80 Å². The topological polar surface area (TPSA) is 23.6 Å². The summed E-state index contributed by atoms with van der Waals surface area (Å²) in [4.78, 5) is 16.7. The van der Waals surface area contributed by atoms with Gasteiger partial charge in [-0.25, -0.2) is 0 Å². The summed E-state index contributed by atoms with van der Waals surface area (Å²) in [6.07, 6.45) is 2.81. The summed E-state index contributed by atoms with van der Waals surface area (Å²) in [6, 6.07) is 8.96. The number of benzene rings is 1. The SMILES string of the molecule is O=C(CBr)c1ccc(CN2CCN(C3CC3)CC2)cc1. The summed E-state index contributed by atoms with van der Waals surface area (Å²) >= 11 is 3.21. The van der Waals surface area contributed by atoms with Crippen molar-refractivity contribution in [2.24, 2.45) is 0 Å². The molecule has 0 spiro atoms. The Morgan fingerprint density at radius 2 is 1.75 bits per heavy atom. The second kappa shape index (κ2) is 6.37. The molecule has 1 aliphatic carbocycles. The van der Waals surface area contributed by atoms with Gasteiger partial charge in [0.2, 0.25) is 0 Å². The number of Topliss-reactive ketones (excluding diaryl/α,β-unsaturated/α-hetero) is 1. The summed E-state index contributed by atoms with van der Waals surface area (Å²) in [7, 11) is 0. The highest BCUT2D eigenvalue weighted by Crippen LogP contribution is 2.27. The van der Waals surface area contributed by atoms with Crippen LogP contribution in [0.1, 0.15) is 28.8 Å². The van der Waals surface area contributed by atoms with E-state index in [4.69, 9.17) is 0 Å². The molecule has 1 aromatic carbocycles. The molecule has 1 heterocycles. The standard InChI is InChI=1S/C16H21BrN2O/c17-11-16(20)14-3-1-13(2-4-14)12-18-7-9-19(10-8-18)15-5-6-15/h1-4,15H,5-12H2. The number of carbonyl (C=O) groups excluding carboxylic acids is 1. The van der Waals surface area contributed by atoms with Gasteiger partial charge in [-0.1, -0.05) is 40.2 Å². The van der Waals surface area contributed by atoms with Crippen LogP contribution < -0.4 is 0 Å². The number of carbonyl (C=O) groups is 1. The Bertz CT molecular complexity index is 462. The fraction of sp³-hybridized carbons (Fsp3) is 0.562. The Morgan fingerprint density at radius 3 is 2.30 bits per heavy atom. The summed E-state index contributed by atoms with van der Waals surface area (Å²) in [6.45, 7) is 5.76. The third kappa shape index (κ3) is 3.48. The molecule has 0 aromatic heterocycles. The Balaban J connectivity index is 1.51. The fourth-order valence-electron chi connectivity index (χ4n) is 2.86. The van der Waals surface area contributed by atoms with Gasteiger partial charge in [-0.2, -0.15) is 0 Å². The second-order valence-electron chi connectivity index (χ2n) is 5.80. The lowest BCUT2D eigenvalue weighted by atomic mass is 10.1. The summed E-state index contributed by atoms with van der Waals surface area (Å²) in [5.41, 5.74) is 2.10. The van der Waals surface area contributed by atoms with Gasteiger partial charge >= 0.3 is 0 Å². The number of alkyl halides is 1. The Kier molecular flexibility index (Phi) is 4.54. The normalized spacial score (nSPS) is 21.1. The van der Waals surface area contributed by atoms with Crippen molar-refractivity contribution in [3.8, 4) is 0 Å². The van der Waals surface area contributed by atoms with Crippen molar-refractivity contribution in [3.05, 3.63) is 35.4 Å². The number of nitrogens with zero attached hydrogens (tertiary/aromatic N) is 2. The van der Waals surface area contributed by atoms with Crippen molar-refractivity contribution < 1.29 is 4.79 Å². The molecule has 2 fully saturated rings. The first-order valence-corrected chi connectivity index (χ1v) is 8.53. The van der Waals surface area contributed by atoms with Gasteiger partial charge in [0.25, 0.3) is 0 Å². The molecule has 2 aliphatic rings. The largest absolute Gasteiger partial charge is 0.298 e. The average molecular weight is 337 g/mol. The molecular weight excluding hydrogens is 316 g/mol. The van der Waals surface area contributed by atoms with Gasteiger partial charge in [0.1, 0.15) is 0 Å². The Hall–Kier alpha value is -0.710. The quantitative estimate of drug-likeness (QED) is 0.609. The van der Waals surface area contributed by atoms with Crippen LogP contribution in [0.2, 0.25) is 0 Å². The van der Waals surface area contributed by atoms with Crippen LogP contribution in [-0.4, -0.2) is 53.1 Å². The lowest BCUT2D eigenvalue weighted by Crippen LogP contribution is -2.46. The minimum Gasteiger partial charge on any atom is -0.298 e. The predicted octanol–water partition coefficient (Wildman–Crippen LogP) is 2.54. The first kappa shape index (κ1) is 14.2. The summed E-state index contributed by atoms with van der Waals surface area (Å²) < 4.78 is 0. The van der Waals surface area contributed by atoms with E-state index in [9.17, 15) is 4.79 Å². The third-order valence-corrected chi connectivity index (χ3v) is 4.78. The van der Waals surface area contributed by atoms with Gasteiger partial charge < -0.3 is 0 Å². The fourth-order valence-corrected chi connectivity index (χ4v) is 3.18. The highest BCUT2D eigenvalue weighted by Gasteiger charge is 2.30. The molecule has 0 radical (unpaired) electrons. The minimum atomic E-state index is 0.148. The molecule has 1 saturated carbocycles. The predicted molar refractivity (Wildman–Crippen MR) is 84.4 cm³/mol. The van der Waals surface area contributed by atoms with E-state index in [-0.39, 0.29) is 5.78 Å². The van der Waals surface area contributed by atoms with E-state index >= 15 is 0 Å². The molecule has 4 heteroatoms. The molecule has 0 atom stereocenters.